The molecule has 0 bridgehead atoms. The largest absolute Gasteiger partial charge is 0.324 e. The zero-order valence-corrected chi connectivity index (χ0v) is 13.0. The monoisotopic (exact) mass is 254 g/mol. The Labute approximate surface area is 114 Å². The van der Waals surface area contributed by atoms with Crippen LogP contribution in [0.25, 0.3) is 0 Å². The van der Waals surface area contributed by atoms with Crippen LogP contribution in [0.3, 0.4) is 0 Å². The Morgan fingerprint density at radius 1 is 1.06 bits per heavy atom. The minimum absolute atomic E-state index is 0.0930. The van der Waals surface area contributed by atoms with Crippen LogP contribution in [0, 0.1) is 5.92 Å². The molecule has 0 amide bonds. The summed E-state index contributed by atoms with van der Waals surface area (Å²) in [5.41, 5.74) is 6.73. The van der Waals surface area contributed by atoms with Gasteiger partial charge in [0.2, 0.25) is 0 Å². The fourth-order valence-corrected chi connectivity index (χ4v) is 3.44. The standard InChI is InChI=1S/C16H34N2/c1-5-15(6-2)18(12-14(3)4)13-16(17)10-8-7-9-11-16/h14-15H,5-13,17H2,1-4H3. The summed E-state index contributed by atoms with van der Waals surface area (Å²) in [4.78, 5) is 2.68. The second-order valence-corrected chi connectivity index (χ2v) is 6.72. The molecule has 0 aliphatic heterocycles. The van der Waals surface area contributed by atoms with E-state index in [1.807, 2.05) is 0 Å². The molecule has 0 aromatic heterocycles. The lowest BCUT2D eigenvalue weighted by Gasteiger charge is -2.42. The Kier molecular flexibility index (Phi) is 6.65. The van der Waals surface area contributed by atoms with Crippen LogP contribution in [0.4, 0.5) is 0 Å². The third-order valence-electron chi connectivity index (χ3n) is 4.43. The molecule has 0 aromatic carbocycles. The van der Waals surface area contributed by atoms with Gasteiger partial charge in [0.05, 0.1) is 0 Å². The molecule has 18 heavy (non-hydrogen) atoms. The lowest BCUT2D eigenvalue weighted by Crippen LogP contribution is -2.54. The van der Waals surface area contributed by atoms with E-state index < -0.39 is 0 Å². The Balaban J connectivity index is 2.63. The minimum atomic E-state index is 0.0930. The summed E-state index contributed by atoms with van der Waals surface area (Å²) in [6.07, 6.45) is 8.99. The maximum absolute atomic E-state index is 6.64. The molecule has 0 radical (unpaired) electrons. The van der Waals surface area contributed by atoms with Crippen LogP contribution in [0.5, 0.6) is 0 Å². The van der Waals surface area contributed by atoms with Gasteiger partial charge in [-0.2, -0.15) is 0 Å². The van der Waals surface area contributed by atoms with Gasteiger partial charge in [0.15, 0.2) is 0 Å². The van der Waals surface area contributed by atoms with E-state index in [1.54, 1.807) is 0 Å². The third kappa shape index (κ3) is 4.89. The van der Waals surface area contributed by atoms with E-state index in [-0.39, 0.29) is 5.54 Å². The van der Waals surface area contributed by atoms with Crippen molar-refractivity contribution in [2.24, 2.45) is 11.7 Å². The number of rotatable bonds is 7. The highest BCUT2D eigenvalue weighted by Crippen LogP contribution is 2.28. The van der Waals surface area contributed by atoms with Crippen LogP contribution in [-0.4, -0.2) is 29.6 Å². The Bertz CT molecular complexity index is 215. The molecule has 2 nitrogen and oxygen atoms in total. The molecule has 0 spiro atoms. The van der Waals surface area contributed by atoms with Crippen molar-refractivity contribution in [2.45, 2.75) is 84.2 Å². The van der Waals surface area contributed by atoms with Gasteiger partial charge in [-0.3, -0.25) is 4.90 Å². The van der Waals surface area contributed by atoms with E-state index in [9.17, 15) is 0 Å². The van der Waals surface area contributed by atoms with Gasteiger partial charge in [-0.05, 0) is 31.6 Å². The molecule has 0 atom stereocenters. The van der Waals surface area contributed by atoms with Gasteiger partial charge in [-0.25, -0.2) is 0 Å². The molecule has 1 fully saturated rings. The van der Waals surface area contributed by atoms with E-state index in [0.29, 0.717) is 0 Å². The first-order valence-electron chi connectivity index (χ1n) is 8.03. The van der Waals surface area contributed by atoms with E-state index in [4.69, 9.17) is 5.73 Å². The van der Waals surface area contributed by atoms with Gasteiger partial charge in [-0.1, -0.05) is 47.0 Å². The zero-order chi connectivity index (χ0) is 13.6. The quantitative estimate of drug-likeness (QED) is 0.749. The average molecular weight is 254 g/mol. The van der Waals surface area contributed by atoms with E-state index in [0.717, 1.165) is 18.5 Å². The molecular weight excluding hydrogens is 220 g/mol. The lowest BCUT2D eigenvalue weighted by atomic mass is 9.81. The second-order valence-electron chi connectivity index (χ2n) is 6.72. The summed E-state index contributed by atoms with van der Waals surface area (Å²) < 4.78 is 0. The normalized spacial score (nSPS) is 20.0. The molecular formula is C16H34N2. The first kappa shape index (κ1) is 16.0. The Morgan fingerprint density at radius 2 is 1.61 bits per heavy atom. The zero-order valence-electron chi connectivity index (χ0n) is 13.0. The van der Waals surface area contributed by atoms with Crippen molar-refractivity contribution in [3.63, 3.8) is 0 Å². The fraction of sp³-hybridized carbons (Fsp3) is 1.00. The van der Waals surface area contributed by atoms with Crippen molar-refractivity contribution in [3.8, 4) is 0 Å². The molecule has 1 rings (SSSR count). The molecule has 2 N–H and O–H groups in total. The van der Waals surface area contributed by atoms with Crippen molar-refractivity contribution in [1.29, 1.82) is 0 Å². The number of hydrogen-bond acceptors (Lipinski definition) is 2. The molecule has 0 saturated heterocycles. The third-order valence-corrected chi connectivity index (χ3v) is 4.43. The van der Waals surface area contributed by atoms with Gasteiger partial charge in [-0.15, -0.1) is 0 Å². The van der Waals surface area contributed by atoms with Gasteiger partial charge in [0, 0.05) is 24.7 Å². The number of nitrogens with two attached hydrogens (primary N) is 1. The highest BCUT2D eigenvalue weighted by molar-refractivity contribution is 4.91. The molecule has 1 aliphatic rings. The first-order chi connectivity index (χ1) is 8.50. The van der Waals surface area contributed by atoms with Crippen LogP contribution in [-0.2, 0) is 0 Å². The predicted octanol–water partition coefficient (Wildman–Crippen LogP) is 3.79. The van der Waals surface area contributed by atoms with Gasteiger partial charge in [0.25, 0.3) is 0 Å². The predicted molar refractivity (Wildman–Crippen MR) is 80.8 cm³/mol. The van der Waals surface area contributed by atoms with Crippen LogP contribution < -0.4 is 5.73 Å². The summed E-state index contributed by atoms with van der Waals surface area (Å²) in [6.45, 7) is 11.6. The minimum Gasteiger partial charge on any atom is -0.324 e. The van der Waals surface area contributed by atoms with E-state index in [2.05, 4.69) is 32.6 Å². The van der Waals surface area contributed by atoms with Crippen LogP contribution in [0.1, 0.15) is 72.6 Å². The Hall–Kier alpha value is -0.0800. The summed E-state index contributed by atoms with van der Waals surface area (Å²) in [7, 11) is 0. The topological polar surface area (TPSA) is 29.3 Å². The molecule has 2 heteroatoms. The van der Waals surface area contributed by atoms with Crippen molar-refractivity contribution in [2.75, 3.05) is 13.1 Å². The van der Waals surface area contributed by atoms with Crippen molar-refractivity contribution in [1.82, 2.24) is 4.90 Å². The Morgan fingerprint density at radius 3 is 2.06 bits per heavy atom. The SMILES string of the molecule is CCC(CC)N(CC(C)C)CC1(N)CCCCC1. The first-order valence-corrected chi connectivity index (χ1v) is 8.03. The average Bonchev–Trinajstić information content (AvgIpc) is 2.30. The maximum atomic E-state index is 6.64. The summed E-state index contributed by atoms with van der Waals surface area (Å²) in [6, 6.07) is 0.717. The molecule has 1 aliphatic carbocycles. The lowest BCUT2D eigenvalue weighted by molar-refractivity contribution is 0.110. The summed E-state index contributed by atoms with van der Waals surface area (Å²) in [5.74, 6) is 0.734. The van der Waals surface area contributed by atoms with E-state index >= 15 is 0 Å². The van der Waals surface area contributed by atoms with Gasteiger partial charge < -0.3 is 5.73 Å². The van der Waals surface area contributed by atoms with Gasteiger partial charge >= 0.3 is 0 Å². The molecule has 0 aromatic rings. The molecule has 0 unspecified atom stereocenters. The smallest absolute Gasteiger partial charge is 0.0283 e. The number of nitrogens with zero attached hydrogens (tertiary/aromatic N) is 1. The number of hydrogen-bond donors (Lipinski definition) is 1. The van der Waals surface area contributed by atoms with E-state index in [1.165, 1.54) is 51.5 Å². The highest BCUT2D eigenvalue weighted by atomic mass is 15.2. The van der Waals surface area contributed by atoms with Crippen molar-refractivity contribution < 1.29 is 0 Å². The highest BCUT2D eigenvalue weighted by Gasteiger charge is 2.31. The van der Waals surface area contributed by atoms with Crippen molar-refractivity contribution in [3.05, 3.63) is 0 Å². The summed E-state index contributed by atoms with van der Waals surface area (Å²) >= 11 is 0. The fourth-order valence-electron chi connectivity index (χ4n) is 3.44. The van der Waals surface area contributed by atoms with Gasteiger partial charge in [0.1, 0.15) is 0 Å². The van der Waals surface area contributed by atoms with Crippen LogP contribution in [0.2, 0.25) is 0 Å². The second kappa shape index (κ2) is 7.49. The molecule has 108 valence electrons. The summed E-state index contributed by atoms with van der Waals surface area (Å²) in [5, 5.41) is 0. The molecule has 1 saturated carbocycles. The van der Waals surface area contributed by atoms with Crippen LogP contribution in [0.15, 0.2) is 0 Å². The van der Waals surface area contributed by atoms with Crippen LogP contribution >= 0.6 is 0 Å². The van der Waals surface area contributed by atoms with Crippen molar-refractivity contribution >= 4 is 0 Å². The molecule has 0 heterocycles. The maximum Gasteiger partial charge on any atom is 0.0283 e.